The van der Waals surface area contributed by atoms with Crippen LogP contribution in [-0.4, -0.2) is 28.2 Å². The fourth-order valence-electron chi connectivity index (χ4n) is 1.72. The number of imidazole rings is 1. The third-order valence-corrected chi connectivity index (χ3v) is 3.09. The minimum Gasteiger partial charge on any atom is -0.468 e. The highest BCUT2D eigenvalue weighted by Crippen LogP contribution is 2.13. The van der Waals surface area contributed by atoms with Crippen LogP contribution in [0.3, 0.4) is 0 Å². The zero-order valence-electron chi connectivity index (χ0n) is 11.0. The van der Waals surface area contributed by atoms with Gasteiger partial charge in [-0.25, -0.2) is 4.98 Å². The lowest BCUT2D eigenvalue weighted by Crippen LogP contribution is -2.45. The minimum atomic E-state index is -0.904. The first-order chi connectivity index (χ1) is 7.88. The average Bonchev–Trinajstić information content (AvgIpc) is 2.59. The van der Waals surface area contributed by atoms with Crippen LogP contribution < -0.4 is 5.73 Å². The Bertz CT molecular complexity index is 396. The normalized spacial score (nSPS) is 14.4. The van der Waals surface area contributed by atoms with E-state index in [1.54, 1.807) is 6.92 Å². The first-order valence-corrected chi connectivity index (χ1v) is 5.74. The van der Waals surface area contributed by atoms with Crippen molar-refractivity contribution in [1.29, 1.82) is 0 Å². The zero-order chi connectivity index (χ0) is 13.1. The highest BCUT2D eigenvalue weighted by atomic mass is 16.5. The fraction of sp³-hybridized carbons (Fsp3) is 0.667. The van der Waals surface area contributed by atoms with Crippen LogP contribution >= 0.6 is 0 Å². The largest absolute Gasteiger partial charge is 0.468 e. The monoisotopic (exact) mass is 239 g/mol. The summed E-state index contributed by atoms with van der Waals surface area (Å²) in [5.74, 6) is -0.365. The van der Waals surface area contributed by atoms with Crippen LogP contribution in [0.5, 0.6) is 0 Å². The molecule has 0 radical (unpaired) electrons. The molecular weight excluding hydrogens is 218 g/mol. The molecule has 0 aliphatic rings. The average molecular weight is 239 g/mol. The summed E-state index contributed by atoms with van der Waals surface area (Å²) >= 11 is 0. The van der Waals surface area contributed by atoms with E-state index in [9.17, 15) is 4.79 Å². The number of carbonyl (C=O) groups is 1. The molecule has 0 fully saturated rings. The van der Waals surface area contributed by atoms with E-state index in [0.717, 1.165) is 24.4 Å². The number of aromatic nitrogens is 2. The van der Waals surface area contributed by atoms with Crippen molar-refractivity contribution in [3.05, 3.63) is 17.7 Å². The third kappa shape index (κ3) is 3.30. The summed E-state index contributed by atoms with van der Waals surface area (Å²) in [6.07, 6.45) is 3.23. The SMILES string of the molecule is COC(=O)C(C)(N)CCCn1cnc(C)c1C. The van der Waals surface area contributed by atoms with E-state index >= 15 is 0 Å². The smallest absolute Gasteiger partial charge is 0.325 e. The first kappa shape index (κ1) is 13.7. The van der Waals surface area contributed by atoms with Gasteiger partial charge in [-0.3, -0.25) is 4.79 Å². The van der Waals surface area contributed by atoms with Gasteiger partial charge in [0.1, 0.15) is 5.54 Å². The second kappa shape index (κ2) is 5.31. The van der Waals surface area contributed by atoms with Crippen molar-refractivity contribution in [3.63, 3.8) is 0 Å². The first-order valence-electron chi connectivity index (χ1n) is 5.74. The molecule has 5 nitrogen and oxygen atoms in total. The van der Waals surface area contributed by atoms with E-state index in [4.69, 9.17) is 5.73 Å². The summed E-state index contributed by atoms with van der Waals surface area (Å²) in [4.78, 5) is 15.6. The molecule has 0 bridgehead atoms. The molecule has 96 valence electrons. The highest BCUT2D eigenvalue weighted by molar-refractivity contribution is 5.79. The number of hydrogen-bond donors (Lipinski definition) is 1. The number of methoxy groups -OCH3 is 1. The van der Waals surface area contributed by atoms with Crippen molar-refractivity contribution in [1.82, 2.24) is 9.55 Å². The van der Waals surface area contributed by atoms with E-state index < -0.39 is 5.54 Å². The van der Waals surface area contributed by atoms with Gasteiger partial charge in [0.25, 0.3) is 0 Å². The third-order valence-electron chi connectivity index (χ3n) is 3.09. The van der Waals surface area contributed by atoms with Crippen molar-refractivity contribution in [2.75, 3.05) is 7.11 Å². The molecule has 1 aromatic heterocycles. The van der Waals surface area contributed by atoms with Gasteiger partial charge in [0.2, 0.25) is 0 Å². The van der Waals surface area contributed by atoms with Crippen molar-refractivity contribution in [2.24, 2.45) is 5.73 Å². The quantitative estimate of drug-likeness (QED) is 0.783. The summed E-state index contributed by atoms with van der Waals surface area (Å²) in [7, 11) is 1.36. The maximum Gasteiger partial charge on any atom is 0.325 e. The Morgan fingerprint density at radius 1 is 1.59 bits per heavy atom. The minimum absolute atomic E-state index is 0.365. The Hall–Kier alpha value is -1.36. The molecule has 0 aliphatic carbocycles. The fourth-order valence-corrected chi connectivity index (χ4v) is 1.72. The molecule has 2 N–H and O–H groups in total. The molecule has 0 amide bonds. The molecule has 1 rings (SSSR count). The topological polar surface area (TPSA) is 70.1 Å². The van der Waals surface area contributed by atoms with Gasteiger partial charge < -0.3 is 15.0 Å². The second-order valence-corrected chi connectivity index (χ2v) is 4.62. The lowest BCUT2D eigenvalue weighted by Gasteiger charge is -2.21. The lowest BCUT2D eigenvalue weighted by atomic mass is 9.97. The number of hydrogen-bond acceptors (Lipinski definition) is 4. The Labute approximate surface area is 102 Å². The Balaban J connectivity index is 2.48. The number of nitrogens with zero attached hydrogens (tertiary/aromatic N) is 2. The lowest BCUT2D eigenvalue weighted by molar-refractivity contribution is -0.146. The van der Waals surface area contributed by atoms with E-state index in [2.05, 4.69) is 14.3 Å². The van der Waals surface area contributed by atoms with Crippen molar-refractivity contribution in [3.8, 4) is 0 Å². The number of esters is 1. The van der Waals surface area contributed by atoms with Gasteiger partial charge in [-0.15, -0.1) is 0 Å². The van der Waals surface area contributed by atoms with Gasteiger partial charge in [-0.05, 0) is 33.6 Å². The maximum atomic E-state index is 11.4. The van der Waals surface area contributed by atoms with Crippen LogP contribution in [0, 0.1) is 13.8 Å². The van der Waals surface area contributed by atoms with Crippen LogP contribution in [0.15, 0.2) is 6.33 Å². The molecule has 0 aliphatic heterocycles. The summed E-state index contributed by atoms with van der Waals surface area (Å²) < 4.78 is 6.73. The molecule has 1 aromatic rings. The zero-order valence-corrected chi connectivity index (χ0v) is 11.0. The predicted octanol–water partition coefficient (Wildman–Crippen LogP) is 1.17. The van der Waals surface area contributed by atoms with Crippen molar-refractivity contribution in [2.45, 2.75) is 45.7 Å². The second-order valence-electron chi connectivity index (χ2n) is 4.62. The molecule has 1 unspecified atom stereocenters. The van der Waals surface area contributed by atoms with Crippen LogP contribution in [-0.2, 0) is 16.1 Å². The molecule has 1 heterocycles. The molecule has 0 saturated carbocycles. The molecule has 1 atom stereocenters. The van der Waals surface area contributed by atoms with Crippen molar-refractivity contribution < 1.29 is 9.53 Å². The highest BCUT2D eigenvalue weighted by Gasteiger charge is 2.28. The number of nitrogens with two attached hydrogens (primary N) is 1. The Morgan fingerprint density at radius 3 is 2.71 bits per heavy atom. The molecule has 17 heavy (non-hydrogen) atoms. The molecular formula is C12H21N3O2. The summed E-state index contributed by atoms with van der Waals surface area (Å²) in [6.45, 7) is 6.53. The Kier molecular flexibility index (Phi) is 4.28. The van der Waals surface area contributed by atoms with Crippen LogP contribution in [0.25, 0.3) is 0 Å². The molecule has 0 spiro atoms. The van der Waals surface area contributed by atoms with Gasteiger partial charge >= 0.3 is 5.97 Å². The maximum absolute atomic E-state index is 11.4. The standard InChI is InChI=1S/C12H21N3O2/c1-9-10(2)15(8-14-9)7-5-6-12(3,13)11(16)17-4/h8H,5-7,13H2,1-4H3. The van der Waals surface area contributed by atoms with Crippen LogP contribution in [0.1, 0.15) is 31.2 Å². The summed E-state index contributed by atoms with van der Waals surface area (Å²) in [5.41, 5.74) is 7.16. The molecule has 5 heteroatoms. The van der Waals surface area contributed by atoms with Crippen LogP contribution in [0.4, 0.5) is 0 Å². The number of carbonyl (C=O) groups excluding carboxylic acids is 1. The van der Waals surface area contributed by atoms with Crippen LogP contribution in [0.2, 0.25) is 0 Å². The van der Waals surface area contributed by atoms with Gasteiger partial charge in [-0.2, -0.15) is 0 Å². The Morgan fingerprint density at radius 2 is 2.24 bits per heavy atom. The van der Waals surface area contributed by atoms with Crippen molar-refractivity contribution >= 4 is 5.97 Å². The van der Waals surface area contributed by atoms with Gasteiger partial charge in [0.05, 0.1) is 19.1 Å². The number of rotatable bonds is 5. The van der Waals surface area contributed by atoms with E-state index in [0.29, 0.717) is 6.42 Å². The van der Waals surface area contributed by atoms with Gasteiger partial charge in [0.15, 0.2) is 0 Å². The molecule has 0 saturated heterocycles. The van der Waals surface area contributed by atoms with Gasteiger partial charge in [0, 0.05) is 12.2 Å². The summed E-state index contributed by atoms with van der Waals surface area (Å²) in [5, 5.41) is 0. The van der Waals surface area contributed by atoms with Gasteiger partial charge in [-0.1, -0.05) is 0 Å². The number of ether oxygens (including phenoxy) is 1. The molecule has 0 aromatic carbocycles. The predicted molar refractivity (Wildman–Crippen MR) is 65.5 cm³/mol. The number of aryl methyl sites for hydroxylation is 2. The van der Waals surface area contributed by atoms with E-state index in [1.807, 2.05) is 20.2 Å². The summed E-state index contributed by atoms with van der Waals surface area (Å²) in [6, 6.07) is 0. The van der Waals surface area contributed by atoms with E-state index in [-0.39, 0.29) is 5.97 Å². The van der Waals surface area contributed by atoms with E-state index in [1.165, 1.54) is 7.11 Å².